The first-order valence-corrected chi connectivity index (χ1v) is 3.45. The topological polar surface area (TPSA) is 53.4 Å². The van der Waals surface area contributed by atoms with Gasteiger partial charge in [0.15, 0.2) is 0 Å². The number of aliphatic hydroxyl groups is 2. The Bertz CT molecular complexity index is 248. The predicted molar refractivity (Wildman–Crippen MR) is 40.8 cm³/mol. The van der Waals surface area contributed by atoms with Crippen molar-refractivity contribution in [2.45, 2.75) is 20.1 Å². The van der Waals surface area contributed by atoms with Crippen molar-refractivity contribution >= 4 is 0 Å². The van der Waals surface area contributed by atoms with Crippen LogP contribution >= 0.6 is 0 Å². The Morgan fingerprint density at radius 2 is 2.00 bits per heavy atom. The quantitative estimate of drug-likeness (QED) is 0.645. The average molecular weight is 153 g/mol. The Morgan fingerprint density at radius 1 is 1.27 bits per heavy atom. The molecule has 60 valence electrons. The summed E-state index contributed by atoms with van der Waals surface area (Å²) in [7, 11) is 0. The molecular formula is C8H11NO2. The fourth-order valence-electron chi connectivity index (χ4n) is 0.864. The van der Waals surface area contributed by atoms with E-state index in [0.29, 0.717) is 11.4 Å². The molecule has 11 heavy (non-hydrogen) atoms. The summed E-state index contributed by atoms with van der Waals surface area (Å²) < 4.78 is 0. The third-order valence-corrected chi connectivity index (χ3v) is 1.57. The van der Waals surface area contributed by atoms with Gasteiger partial charge in [-0.05, 0) is 18.6 Å². The van der Waals surface area contributed by atoms with Crippen molar-refractivity contribution in [3.63, 3.8) is 0 Å². The smallest absolute Gasteiger partial charge is 0.0855 e. The first-order valence-electron chi connectivity index (χ1n) is 3.45. The van der Waals surface area contributed by atoms with Gasteiger partial charge in [-0.3, -0.25) is 4.98 Å². The second-order valence-electron chi connectivity index (χ2n) is 2.38. The molecule has 0 fully saturated rings. The van der Waals surface area contributed by atoms with Crippen LogP contribution in [0.1, 0.15) is 17.0 Å². The summed E-state index contributed by atoms with van der Waals surface area (Å²) in [6.07, 6.45) is 0. The molecule has 0 aromatic carbocycles. The third-order valence-electron chi connectivity index (χ3n) is 1.57. The lowest BCUT2D eigenvalue weighted by atomic mass is 10.2. The molecule has 0 saturated heterocycles. The standard InChI is InChI=1S/C8H11NO2/c1-6-2-3-7(4-10)9-8(6)5-11/h2-3,10-11H,4-5H2,1H3. The summed E-state index contributed by atoms with van der Waals surface area (Å²) in [6, 6.07) is 3.58. The summed E-state index contributed by atoms with van der Waals surface area (Å²) in [6.45, 7) is 1.73. The minimum absolute atomic E-state index is 0.0698. The largest absolute Gasteiger partial charge is 0.390 e. The van der Waals surface area contributed by atoms with Gasteiger partial charge in [0.1, 0.15) is 0 Å². The van der Waals surface area contributed by atoms with Gasteiger partial charge in [-0.1, -0.05) is 6.07 Å². The van der Waals surface area contributed by atoms with Crippen molar-refractivity contribution in [3.05, 3.63) is 29.1 Å². The molecule has 3 nitrogen and oxygen atoms in total. The highest BCUT2D eigenvalue weighted by Crippen LogP contribution is 2.05. The van der Waals surface area contributed by atoms with Gasteiger partial charge in [-0.25, -0.2) is 0 Å². The molecule has 0 radical (unpaired) electrons. The van der Waals surface area contributed by atoms with Crippen LogP contribution < -0.4 is 0 Å². The maximum Gasteiger partial charge on any atom is 0.0855 e. The molecule has 0 saturated carbocycles. The first kappa shape index (κ1) is 8.17. The van der Waals surface area contributed by atoms with Gasteiger partial charge >= 0.3 is 0 Å². The van der Waals surface area contributed by atoms with Crippen LogP contribution in [-0.4, -0.2) is 15.2 Å². The van der Waals surface area contributed by atoms with Crippen molar-refractivity contribution < 1.29 is 10.2 Å². The molecule has 0 amide bonds. The molecular weight excluding hydrogens is 142 g/mol. The van der Waals surface area contributed by atoms with Crippen molar-refractivity contribution in [2.75, 3.05) is 0 Å². The Labute approximate surface area is 65.3 Å². The number of aliphatic hydroxyl groups excluding tert-OH is 2. The Kier molecular flexibility index (Phi) is 2.57. The predicted octanol–water partition coefficient (Wildman–Crippen LogP) is 0.375. The monoisotopic (exact) mass is 153 g/mol. The molecule has 1 aromatic heterocycles. The van der Waals surface area contributed by atoms with Gasteiger partial charge in [0.25, 0.3) is 0 Å². The Balaban J connectivity index is 3.02. The average Bonchev–Trinajstić information content (AvgIpc) is 2.05. The highest BCUT2D eigenvalue weighted by Gasteiger charge is 1.98. The Morgan fingerprint density at radius 3 is 2.55 bits per heavy atom. The summed E-state index contributed by atoms with van der Waals surface area (Å²) in [5.74, 6) is 0. The zero-order valence-corrected chi connectivity index (χ0v) is 6.41. The van der Waals surface area contributed by atoms with Gasteiger partial charge in [0.2, 0.25) is 0 Å². The fourth-order valence-corrected chi connectivity index (χ4v) is 0.864. The van der Waals surface area contributed by atoms with E-state index >= 15 is 0 Å². The minimum Gasteiger partial charge on any atom is -0.390 e. The molecule has 0 spiro atoms. The van der Waals surface area contributed by atoms with Crippen LogP contribution in [0.25, 0.3) is 0 Å². The number of hydrogen-bond donors (Lipinski definition) is 2. The molecule has 0 aliphatic heterocycles. The lowest BCUT2D eigenvalue weighted by Crippen LogP contribution is -1.97. The van der Waals surface area contributed by atoms with Crippen LogP contribution in [0.5, 0.6) is 0 Å². The number of hydrogen-bond acceptors (Lipinski definition) is 3. The van der Waals surface area contributed by atoms with E-state index in [9.17, 15) is 0 Å². The molecule has 0 bridgehead atoms. The van der Waals surface area contributed by atoms with Crippen LogP contribution in [0.3, 0.4) is 0 Å². The van der Waals surface area contributed by atoms with Gasteiger partial charge in [0.05, 0.1) is 24.6 Å². The van der Waals surface area contributed by atoms with E-state index in [-0.39, 0.29) is 13.2 Å². The summed E-state index contributed by atoms with van der Waals surface area (Å²) >= 11 is 0. The second kappa shape index (κ2) is 3.46. The minimum atomic E-state index is -0.0761. The van der Waals surface area contributed by atoms with Gasteiger partial charge in [-0.15, -0.1) is 0 Å². The first-order chi connectivity index (χ1) is 5.27. The van der Waals surface area contributed by atoms with Crippen LogP contribution in [0.2, 0.25) is 0 Å². The molecule has 1 heterocycles. The Hall–Kier alpha value is -0.930. The second-order valence-corrected chi connectivity index (χ2v) is 2.38. The van der Waals surface area contributed by atoms with Gasteiger partial charge in [-0.2, -0.15) is 0 Å². The zero-order chi connectivity index (χ0) is 8.27. The third kappa shape index (κ3) is 1.76. The van der Waals surface area contributed by atoms with Crippen molar-refractivity contribution in [1.29, 1.82) is 0 Å². The molecule has 0 unspecified atom stereocenters. The van der Waals surface area contributed by atoms with Crippen molar-refractivity contribution in [1.82, 2.24) is 4.98 Å². The van der Waals surface area contributed by atoms with Crippen LogP contribution in [-0.2, 0) is 13.2 Å². The summed E-state index contributed by atoms with van der Waals surface area (Å²) in [5, 5.41) is 17.5. The van der Waals surface area contributed by atoms with E-state index in [1.165, 1.54) is 0 Å². The fraction of sp³-hybridized carbons (Fsp3) is 0.375. The lowest BCUT2D eigenvalue weighted by Gasteiger charge is -2.02. The molecule has 0 aliphatic rings. The molecule has 0 aliphatic carbocycles. The number of aromatic nitrogens is 1. The molecule has 1 aromatic rings. The number of nitrogens with zero attached hydrogens (tertiary/aromatic N) is 1. The SMILES string of the molecule is Cc1ccc(CO)nc1CO. The maximum absolute atomic E-state index is 8.79. The summed E-state index contributed by atoms with van der Waals surface area (Å²) in [4.78, 5) is 4.01. The molecule has 3 heteroatoms. The highest BCUT2D eigenvalue weighted by molar-refractivity contribution is 5.20. The van der Waals surface area contributed by atoms with Crippen LogP contribution in [0.4, 0.5) is 0 Å². The van der Waals surface area contributed by atoms with Crippen molar-refractivity contribution in [2.24, 2.45) is 0 Å². The van der Waals surface area contributed by atoms with E-state index in [1.54, 1.807) is 6.07 Å². The molecule has 2 N–H and O–H groups in total. The number of pyridine rings is 1. The normalized spacial score (nSPS) is 10.1. The van der Waals surface area contributed by atoms with Crippen LogP contribution in [0.15, 0.2) is 12.1 Å². The van der Waals surface area contributed by atoms with Crippen molar-refractivity contribution in [3.8, 4) is 0 Å². The van der Waals surface area contributed by atoms with E-state index in [2.05, 4.69) is 4.98 Å². The van der Waals surface area contributed by atoms with Crippen LogP contribution in [0, 0.1) is 6.92 Å². The lowest BCUT2D eigenvalue weighted by molar-refractivity contribution is 0.265. The highest BCUT2D eigenvalue weighted by atomic mass is 16.3. The van der Waals surface area contributed by atoms with Gasteiger partial charge in [0, 0.05) is 0 Å². The number of rotatable bonds is 2. The van der Waals surface area contributed by atoms with E-state index < -0.39 is 0 Å². The van der Waals surface area contributed by atoms with E-state index in [4.69, 9.17) is 10.2 Å². The van der Waals surface area contributed by atoms with E-state index in [0.717, 1.165) is 5.56 Å². The summed E-state index contributed by atoms with van der Waals surface area (Å²) in [5.41, 5.74) is 2.18. The number of aryl methyl sites for hydroxylation is 1. The van der Waals surface area contributed by atoms with Gasteiger partial charge < -0.3 is 10.2 Å². The maximum atomic E-state index is 8.79. The molecule has 0 atom stereocenters. The van der Waals surface area contributed by atoms with E-state index in [1.807, 2.05) is 13.0 Å². The molecule has 1 rings (SSSR count). The zero-order valence-electron chi connectivity index (χ0n) is 6.41.